The van der Waals surface area contributed by atoms with Crippen LogP contribution in [0.15, 0.2) is 22.5 Å². The molecule has 4 rings (SSSR count). The van der Waals surface area contributed by atoms with Crippen LogP contribution >= 0.6 is 0 Å². The molecule has 0 aliphatic heterocycles. The van der Waals surface area contributed by atoms with E-state index in [9.17, 15) is 15.5 Å². The van der Waals surface area contributed by atoms with Gasteiger partial charge in [-0.2, -0.15) is 0 Å². The highest BCUT2D eigenvalue weighted by Crippen LogP contribution is 2.64. The molecule has 0 spiro atoms. The molecule has 4 fully saturated rings. The monoisotopic (exact) mass is 264 g/mol. The first-order chi connectivity index (χ1) is 8.89. The summed E-state index contributed by atoms with van der Waals surface area (Å²) >= 11 is 0. The minimum absolute atomic E-state index is 0.149. The summed E-state index contributed by atoms with van der Waals surface area (Å²) in [6.45, 7) is 7.85. The zero-order valence-electron chi connectivity index (χ0n) is 11.3. The molecule has 5 heteroatoms. The van der Waals surface area contributed by atoms with E-state index in [4.69, 9.17) is 0 Å². The van der Waals surface area contributed by atoms with E-state index in [1.165, 1.54) is 0 Å². The van der Waals surface area contributed by atoms with Crippen LogP contribution in [0.3, 0.4) is 0 Å². The second kappa shape index (κ2) is 3.60. The van der Waals surface area contributed by atoms with Gasteiger partial charge < -0.3 is 15.5 Å². The van der Waals surface area contributed by atoms with Gasteiger partial charge in [-0.15, -0.1) is 0 Å². The fourth-order valence-electron chi connectivity index (χ4n) is 4.79. The van der Waals surface area contributed by atoms with E-state index in [2.05, 4.69) is 16.9 Å². The van der Waals surface area contributed by atoms with Crippen molar-refractivity contribution in [3.8, 4) is 0 Å². The average Bonchev–Trinajstić information content (AvgIpc) is 2.34. The van der Waals surface area contributed by atoms with Crippen molar-refractivity contribution in [2.45, 2.75) is 38.7 Å². The third-order valence-electron chi connectivity index (χ3n) is 5.85. The Balaban J connectivity index is 2.19. The van der Waals surface area contributed by atoms with Gasteiger partial charge >= 0.3 is 0 Å². The number of nitrogens with zero attached hydrogens (tertiary/aromatic N) is 2. The van der Waals surface area contributed by atoms with Gasteiger partial charge in [-0.1, -0.05) is 22.5 Å². The van der Waals surface area contributed by atoms with E-state index < -0.39 is 5.60 Å². The van der Waals surface area contributed by atoms with Crippen LogP contribution < -0.4 is 0 Å². The van der Waals surface area contributed by atoms with Gasteiger partial charge in [-0.3, -0.25) is 0 Å². The smallest absolute Gasteiger partial charge is 0.0794 e. The molecule has 0 heterocycles. The van der Waals surface area contributed by atoms with Gasteiger partial charge in [0, 0.05) is 23.2 Å². The topological polar surface area (TPSA) is 85.4 Å². The first-order valence-electron chi connectivity index (χ1n) is 6.71. The van der Waals surface area contributed by atoms with Crippen LogP contribution in [0.1, 0.15) is 33.1 Å². The number of aliphatic hydroxyl groups is 1. The van der Waals surface area contributed by atoms with Gasteiger partial charge in [0.25, 0.3) is 0 Å². The minimum Gasteiger partial charge on any atom is -0.411 e. The largest absolute Gasteiger partial charge is 0.411 e. The molecule has 4 bridgehead atoms. The molecule has 5 atom stereocenters. The molecule has 0 aromatic carbocycles. The van der Waals surface area contributed by atoms with Crippen LogP contribution in [0.4, 0.5) is 0 Å². The van der Waals surface area contributed by atoms with Gasteiger partial charge in [0.2, 0.25) is 0 Å². The summed E-state index contributed by atoms with van der Waals surface area (Å²) in [4.78, 5) is 0. The Morgan fingerprint density at radius 3 is 2.42 bits per heavy atom. The zero-order chi connectivity index (χ0) is 14.0. The summed E-state index contributed by atoms with van der Waals surface area (Å²) in [7, 11) is 0. The highest BCUT2D eigenvalue weighted by atomic mass is 16.4. The van der Waals surface area contributed by atoms with E-state index in [1.807, 2.05) is 13.8 Å². The van der Waals surface area contributed by atoms with Crippen molar-refractivity contribution < 1.29 is 15.5 Å². The first kappa shape index (κ1) is 12.7. The first-order valence-corrected chi connectivity index (χ1v) is 6.71. The van der Waals surface area contributed by atoms with Crippen molar-refractivity contribution in [2.75, 3.05) is 0 Å². The van der Waals surface area contributed by atoms with Crippen molar-refractivity contribution in [1.82, 2.24) is 0 Å². The number of rotatable bonds is 1. The van der Waals surface area contributed by atoms with Crippen molar-refractivity contribution >= 4 is 11.4 Å². The SMILES string of the molecule is C=C(C)C12CC3CC(/C(=N/O)C(C1)C3=NO)[C@@]2(C)O. The lowest BCUT2D eigenvalue weighted by atomic mass is 9.41. The van der Waals surface area contributed by atoms with E-state index in [0.717, 1.165) is 12.0 Å². The predicted octanol–water partition coefficient (Wildman–Crippen LogP) is 2.02. The standard InChI is InChI=1S/C14H20N2O3/c1-7(2)14-5-8-4-10(13(14,3)17)12(16-19)9(6-14)11(8)15-18/h8-10,17-19H,1,4-6H2,2-3H3/b15-11?,16-12+/t8?,9?,10?,13-,14?/m1/s1. The Hall–Kier alpha value is -1.36. The Bertz CT molecular complexity index is 509. The Morgan fingerprint density at radius 2 is 1.89 bits per heavy atom. The van der Waals surface area contributed by atoms with Crippen molar-refractivity contribution in [2.24, 2.45) is 33.5 Å². The molecule has 0 aromatic rings. The molecule has 0 amide bonds. The molecule has 5 nitrogen and oxygen atoms in total. The van der Waals surface area contributed by atoms with E-state index >= 15 is 0 Å². The summed E-state index contributed by atoms with van der Waals surface area (Å²) < 4.78 is 0. The summed E-state index contributed by atoms with van der Waals surface area (Å²) in [6, 6.07) is 0. The predicted molar refractivity (Wildman–Crippen MR) is 70.6 cm³/mol. The van der Waals surface area contributed by atoms with Gasteiger partial charge in [-0.25, -0.2) is 0 Å². The number of hydrogen-bond donors (Lipinski definition) is 3. The highest BCUT2D eigenvalue weighted by molar-refractivity contribution is 6.13. The Kier molecular flexibility index (Phi) is 2.40. The van der Waals surface area contributed by atoms with Crippen LogP contribution in [0, 0.1) is 23.2 Å². The molecule has 104 valence electrons. The summed E-state index contributed by atoms with van der Waals surface area (Å²) in [5.41, 5.74) is 0.912. The normalized spacial score (nSPS) is 52.1. The maximum atomic E-state index is 11.0. The fraction of sp³-hybridized carbons (Fsp3) is 0.714. The number of hydrogen-bond acceptors (Lipinski definition) is 5. The molecule has 4 unspecified atom stereocenters. The summed E-state index contributed by atoms with van der Waals surface area (Å²) in [5.74, 6) is -0.196. The van der Waals surface area contributed by atoms with Crippen molar-refractivity contribution in [3.05, 3.63) is 12.2 Å². The molecular formula is C14H20N2O3. The fourth-order valence-corrected chi connectivity index (χ4v) is 4.79. The molecular weight excluding hydrogens is 244 g/mol. The molecule has 0 radical (unpaired) electrons. The molecule has 19 heavy (non-hydrogen) atoms. The van der Waals surface area contributed by atoms with Crippen LogP contribution in [-0.2, 0) is 0 Å². The van der Waals surface area contributed by atoms with Crippen LogP contribution in [0.5, 0.6) is 0 Å². The molecule has 0 saturated heterocycles. The van der Waals surface area contributed by atoms with Crippen LogP contribution in [-0.4, -0.2) is 32.5 Å². The quantitative estimate of drug-likeness (QED) is 0.385. The molecule has 4 saturated carbocycles. The Labute approximate surface area is 112 Å². The average molecular weight is 264 g/mol. The summed E-state index contributed by atoms with van der Waals surface area (Å²) in [5, 5.41) is 36.4. The van der Waals surface area contributed by atoms with Gasteiger partial charge in [0.1, 0.15) is 0 Å². The summed E-state index contributed by atoms with van der Waals surface area (Å²) in [6.07, 6.45) is 2.05. The second-order valence-corrected chi connectivity index (χ2v) is 6.51. The van der Waals surface area contributed by atoms with E-state index in [0.29, 0.717) is 24.3 Å². The van der Waals surface area contributed by atoms with Crippen molar-refractivity contribution in [3.63, 3.8) is 0 Å². The lowest BCUT2D eigenvalue weighted by Crippen LogP contribution is -2.69. The van der Waals surface area contributed by atoms with E-state index in [1.54, 1.807) is 0 Å². The second-order valence-electron chi connectivity index (χ2n) is 6.51. The van der Waals surface area contributed by atoms with Gasteiger partial charge in [-0.05, 0) is 33.1 Å². The van der Waals surface area contributed by atoms with Crippen LogP contribution in [0.2, 0.25) is 0 Å². The lowest BCUT2D eigenvalue weighted by molar-refractivity contribution is -0.136. The Morgan fingerprint density at radius 1 is 1.26 bits per heavy atom. The van der Waals surface area contributed by atoms with Gasteiger partial charge in [0.05, 0.1) is 17.0 Å². The highest BCUT2D eigenvalue weighted by Gasteiger charge is 2.68. The molecule has 0 aromatic heterocycles. The maximum Gasteiger partial charge on any atom is 0.0794 e. The molecule has 4 aliphatic carbocycles. The van der Waals surface area contributed by atoms with E-state index in [-0.39, 0.29) is 23.2 Å². The third kappa shape index (κ3) is 1.24. The maximum absolute atomic E-state index is 11.0. The zero-order valence-corrected chi connectivity index (χ0v) is 11.3. The minimum atomic E-state index is -0.950. The third-order valence-corrected chi connectivity index (χ3v) is 5.85. The van der Waals surface area contributed by atoms with Crippen LogP contribution in [0.25, 0.3) is 0 Å². The van der Waals surface area contributed by atoms with Gasteiger partial charge in [0.15, 0.2) is 0 Å². The molecule has 4 aliphatic rings. The van der Waals surface area contributed by atoms with Crippen molar-refractivity contribution in [1.29, 1.82) is 0 Å². The number of oxime groups is 2. The molecule has 3 N–H and O–H groups in total. The lowest BCUT2D eigenvalue weighted by Gasteiger charge is -2.64.